The van der Waals surface area contributed by atoms with Crippen molar-refractivity contribution in [1.82, 2.24) is 0 Å². The van der Waals surface area contributed by atoms with E-state index in [-0.39, 0.29) is 0 Å². The van der Waals surface area contributed by atoms with Crippen molar-refractivity contribution in [2.75, 3.05) is 31.4 Å². The molecule has 0 spiro atoms. The molecule has 0 amide bonds. The van der Waals surface area contributed by atoms with Gasteiger partial charge in [0, 0.05) is 24.6 Å². The van der Waals surface area contributed by atoms with Crippen LogP contribution < -0.4 is 4.90 Å². The minimum absolute atomic E-state index is 0.587. The smallest absolute Gasteiger partial charge is 0.103 e. The van der Waals surface area contributed by atoms with Crippen LogP contribution in [0.15, 0.2) is 23.1 Å². The quantitative estimate of drug-likeness (QED) is 0.739. The molecule has 1 saturated carbocycles. The maximum Gasteiger partial charge on any atom is 0.103 e. The number of rotatable bonds is 6. The van der Waals surface area contributed by atoms with Crippen molar-refractivity contribution in [2.24, 2.45) is 0 Å². The van der Waals surface area contributed by atoms with Gasteiger partial charge in [0.05, 0.1) is 17.9 Å². The van der Waals surface area contributed by atoms with Crippen LogP contribution >= 0.6 is 11.8 Å². The topological polar surface area (TPSA) is 36.3 Å². The lowest BCUT2D eigenvalue weighted by molar-refractivity contribution is 0.205. The van der Waals surface area contributed by atoms with Crippen molar-refractivity contribution in [3.05, 3.63) is 23.8 Å². The van der Waals surface area contributed by atoms with Gasteiger partial charge in [0.1, 0.15) is 6.07 Å². The first kappa shape index (κ1) is 13.3. The Hall–Kier alpha value is -1.18. The Morgan fingerprint density at radius 3 is 2.83 bits per heavy atom. The Bertz CT molecular complexity index is 452. The second kappa shape index (κ2) is 6.12. The molecule has 0 bridgehead atoms. The van der Waals surface area contributed by atoms with Gasteiger partial charge in [-0.3, -0.25) is 0 Å². The van der Waals surface area contributed by atoms with Crippen molar-refractivity contribution >= 4 is 17.4 Å². The molecule has 96 valence electrons. The first-order chi connectivity index (χ1) is 8.81. The lowest BCUT2D eigenvalue weighted by atomic mass is 10.1. The van der Waals surface area contributed by atoms with E-state index in [1.54, 1.807) is 18.9 Å². The van der Waals surface area contributed by atoms with Gasteiger partial charge in [-0.25, -0.2) is 0 Å². The highest BCUT2D eigenvalue weighted by atomic mass is 32.2. The number of nitrogens with zero attached hydrogens (tertiary/aromatic N) is 2. The van der Waals surface area contributed by atoms with Gasteiger partial charge in [0.25, 0.3) is 0 Å². The molecule has 18 heavy (non-hydrogen) atoms. The number of thioether (sulfide) groups is 1. The number of methoxy groups -OCH3 is 1. The maximum absolute atomic E-state index is 9.39. The second-order valence-electron chi connectivity index (χ2n) is 4.38. The summed E-state index contributed by atoms with van der Waals surface area (Å²) in [5.41, 5.74) is 1.86. The summed E-state index contributed by atoms with van der Waals surface area (Å²) in [6, 6.07) is 9.03. The Balaban J connectivity index is 2.31. The zero-order chi connectivity index (χ0) is 13.0. The summed E-state index contributed by atoms with van der Waals surface area (Å²) in [5.74, 6) is 0. The lowest BCUT2D eigenvalue weighted by Gasteiger charge is -2.26. The predicted octanol–water partition coefficient (Wildman–Crippen LogP) is 2.90. The number of anilines is 1. The average Bonchev–Trinajstić information content (AvgIpc) is 3.23. The molecule has 0 N–H and O–H groups in total. The molecule has 2 rings (SSSR count). The minimum Gasteiger partial charge on any atom is -0.383 e. The second-order valence-corrected chi connectivity index (χ2v) is 5.23. The van der Waals surface area contributed by atoms with Crippen molar-refractivity contribution in [2.45, 2.75) is 23.8 Å². The van der Waals surface area contributed by atoms with Crippen molar-refractivity contribution < 1.29 is 4.74 Å². The zero-order valence-corrected chi connectivity index (χ0v) is 11.7. The van der Waals surface area contributed by atoms with E-state index in [1.807, 2.05) is 24.5 Å². The Kier molecular flexibility index (Phi) is 4.51. The molecule has 1 aliphatic carbocycles. The number of benzene rings is 1. The predicted molar refractivity (Wildman–Crippen MR) is 75.2 cm³/mol. The monoisotopic (exact) mass is 262 g/mol. The van der Waals surface area contributed by atoms with Gasteiger partial charge in [-0.15, -0.1) is 11.8 Å². The van der Waals surface area contributed by atoms with Gasteiger partial charge in [-0.1, -0.05) is 6.07 Å². The number of nitriles is 1. The summed E-state index contributed by atoms with van der Waals surface area (Å²) in [6.45, 7) is 1.55. The molecular weight excluding hydrogens is 244 g/mol. The van der Waals surface area contributed by atoms with Crippen LogP contribution in [0.25, 0.3) is 0 Å². The molecular formula is C14H18N2OS. The molecule has 0 radical (unpaired) electrons. The largest absolute Gasteiger partial charge is 0.383 e. The third-order valence-corrected chi connectivity index (χ3v) is 3.95. The Labute approximate surface area is 113 Å². The van der Waals surface area contributed by atoms with Gasteiger partial charge in [0.15, 0.2) is 0 Å². The van der Waals surface area contributed by atoms with Crippen LogP contribution in [-0.4, -0.2) is 32.6 Å². The van der Waals surface area contributed by atoms with Gasteiger partial charge >= 0.3 is 0 Å². The van der Waals surface area contributed by atoms with E-state index in [0.29, 0.717) is 12.6 Å². The summed E-state index contributed by atoms with van der Waals surface area (Å²) in [4.78, 5) is 3.37. The molecule has 0 aromatic heterocycles. The Morgan fingerprint density at radius 2 is 2.28 bits per heavy atom. The highest BCUT2D eigenvalue weighted by Gasteiger charge is 2.30. The third-order valence-electron chi connectivity index (χ3n) is 3.17. The van der Waals surface area contributed by atoms with E-state index in [1.165, 1.54) is 12.8 Å². The standard InChI is InChI=1S/C14H18N2OS/c1-17-9-8-16(11-6-7-11)13-4-3-5-14(18-2)12(13)10-15/h3-5,11H,6-9H2,1-2H3. The Morgan fingerprint density at radius 1 is 1.50 bits per heavy atom. The zero-order valence-electron chi connectivity index (χ0n) is 10.8. The van der Waals surface area contributed by atoms with Crippen LogP contribution in [0.5, 0.6) is 0 Å². The summed E-state index contributed by atoms with van der Waals surface area (Å²) < 4.78 is 5.17. The van der Waals surface area contributed by atoms with Gasteiger partial charge in [0.2, 0.25) is 0 Å². The fraction of sp³-hybridized carbons (Fsp3) is 0.500. The van der Waals surface area contributed by atoms with Crippen LogP contribution in [0, 0.1) is 11.3 Å². The lowest BCUT2D eigenvalue weighted by Crippen LogP contribution is -2.30. The van der Waals surface area contributed by atoms with Crippen LogP contribution in [0.1, 0.15) is 18.4 Å². The van der Waals surface area contributed by atoms with E-state index in [2.05, 4.69) is 11.0 Å². The number of hydrogen-bond donors (Lipinski definition) is 0. The maximum atomic E-state index is 9.39. The van der Waals surface area contributed by atoms with E-state index in [0.717, 1.165) is 22.7 Å². The molecule has 0 atom stereocenters. The van der Waals surface area contributed by atoms with E-state index < -0.39 is 0 Å². The molecule has 1 aliphatic rings. The molecule has 0 heterocycles. The van der Waals surface area contributed by atoms with E-state index in [4.69, 9.17) is 4.74 Å². The minimum atomic E-state index is 0.587. The molecule has 4 heteroatoms. The van der Waals surface area contributed by atoms with Crippen LogP contribution in [-0.2, 0) is 4.74 Å². The number of ether oxygens (including phenoxy) is 1. The average molecular weight is 262 g/mol. The first-order valence-corrected chi connectivity index (χ1v) is 7.37. The molecule has 3 nitrogen and oxygen atoms in total. The summed E-state index contributed by atoms with van der Waals surface area (Å²) in [7, 11) is 1.72. The van der Waals surface area contributed by atoms with Crippen LogP contribution in [0.3, 0.4) is 0 Å². The molecule has 0 unspecified atom stereocenters. The van der Waals surface area contributed by atoms with E-state index in [9.17, 15) is 5.26 Å². The normalized spacial score (nSPS) is 14.3. The summed E-state index contributed by atoms with van der Waals surface area (Å²) in [6.07, 6.45) is 4.45. The van der Waals surface area contributed by atoms with Crippen molar-refractivity contribution in [3.63, 3.8) is 0 Å². The molecule has 0 saturated heterocycles. The number of hydrogen-bond acceptors (Lipinski definition) is 4. The fourth-order valence-corrected chi connectivity index (χ4v) is 2.69. The molecule has 1 aromatic carbocycles. The van der Waals surface area contributed by atoms with Crippen LogP contribution in [0.4, 0.5) is 5.69 Å². The van der Waals surface area contributed by atoms with E-state index >= 15 is 0 Å². The summed E-state index contributed by atoms with van der Waals surface area (Å²) >= 11 is 1.63. The third kappa shape index (κ3) is 2.80. The SMILES string of the molecule is COCCN(c1cccc(SC)c1C#N)C1CC1. The van der Waals surface area contributed by atoms with Gasteiger partial charge in [-0.05, 0) is 31.2 Å². The molecule has 1 aromatic rings. The summed E-state index contributed by atoms with van der Waals surface area (Å²) in [5, 5.41) is 9.39. The highest BCUT2D eigenvalue weighted by molar-refractivity contribution is 7.98. The van der Waals surface area contributed by atoms with Crippen LogP contribution in [0.2, 0.25) is 0 Å². The highest BCUT2D eigenvalue weighted by Crippen LogP contribution is 2.36. The fourth-order valence-electron chi connectivity index (χ4n) is 2.12. The molecule has 0 aliphatic heterocycles. The first-order valence-electron chi connectivity index (χ1n) is 6.14. The van der Waals surface area contributed by atoms with Gasteiger partial charge in [-0.2, -0.15) is 5.26 Å². The molecule has 1 fully saturated rings. The van der Waals surface area contributed by atoms with Crippen molar-refractivity contribution in [1.29, 1.82) is 5.26 Å². The van der Waals surface area contributed by atoms with Gasteiger partial charge < -0.3 is 9.64 Å². The van der Waals surface area contributed by atoms with Crippen molar-refractivity contribution in [3.8, 4) is 6.07 Å².